The van der Waals surface area contributed by atoms with Crippen molar-refractivity contribution in [2.24, 2.45) is 0 Å². The van der Waals surface area contributed by atoms with Crippen LogP contribution in [0.25, 0.3) is 0 Å². The molecular weight excluding hydrogens is 211 g/mol. The van der Waals surface area contributed by atoms with Gasteiger partial charge in [-0.3, -0.25) is 4.74 Å². The van der Waals surface area contributed by atoms with E-state index in [-0.39, 0.29) is 0 Å². The SMILES string of the molecule is OC1CC(F)C(OC(F)(F)F)C(F)C1. The summed E-state index contributed by atoms with van der Waals surface area (Å²) in [5.74, 6) is 0. The predicted molar refractivity (Wildman–Crippen MR) is 36.0 cm³/mol. The van der Waals surface area contributed by atoms with Crippen molar-refractivity contribution in [3.63, 3.8) is 0 Å². The van der Waals surface area contributed by atoms with E-state index in [9.17, 15) is 22.0 Å². The second kappa shape index (κ2) is 3.98. The first-order chi connectivity index (χ1) is 6.29. The van der Waals surface area contributed by atoms with Crippen LogP contribution in [0.4, 0.5) is 22.0 Å². The molecule has 7 heteroatoms. The average molecular weight is 220 g/mol. The first-order valence-electron chi connectivity index (χ1n) is 4.00. The van der Waals surface area contributed by atoms with Gasteiger partial charge in [-0.1, -0.05) is 0 Å². The normalized spacial score (nSPS) is 39.9. The lowest BCUT2D eigenvalue weighted by molar-refractivity contribution is -0.358. The Morgan fingerprint density at radius 2 is 1.50 bits per heavy atom. The van der Waals surface area contributed by atoms with Crippen molar-refractivity contribution in [1.29, 1.82) is 0 Å². The summed E-state index contributed by atoms with van der Waals surface area (Å²) in [6.07, 6.45) is -13.8. The predicted octanol–water partition coefficient (Wildman–Crippen LogP) is 1.72. The van der Waals surface area contributed by atoms with E-state index < -0.39 is 43.8 Å². The second-order valence-electron chi connectivity index (χ2n) is 3.19. The molecule has 84 valence electrons. The molecule has 0 aliphatic heterocycles. The van der Waals surface area contributed by atoms with Gasteiger partial charge in [-0.15, -0.1) is 13.2 Å². The van der Waals surface area contributed by atoms with Crippen molar-refractivity contribution >= 4 is 0 Å². The lowest BCUT2D eigenvalue weighted by Crippen LogP contribution is -2.46. The molecule has 0 spiro atoms. The standard InChI is InChI=1S/C7H9F5O2/c8-4-1-3(13)2-5(9)6(4)14-7(10,11)12/h3-6,13H,1-2H2. The van der Waals surface area contributed by atoms with Crippen LogP contribution >= 0.6 is 0 Å². The van der Waals surface area contributed by atoms with Gasteiger partial charge in [0, 0.05) is 12.8 Å². The molecular formula is C7H9F5O2. The zero-order valence-corrected chi connectivity index (χ0v) is 6.97. The third-order valence-corrected chi connectivity index (χ3v) is 1.98. The summed E-state index contributed by atoms with van der Waals surface area (Å²) >= 11 is 0. The Hall–Kier alpha value is -0.430. The van der Waals surface area contributed by atoms with E-state index in [1.165, 1.54) is 0 Å². The topological polar surface area (TPSA) is 29.5 Å². The lowest BCUT2D eigenvalue weighted by atomic mass is 9.92. The van der Waals surface area contributed by atoms with Gasteiger partial charge in [-0.25, -0.2) is 8.78 Å². The number of aliphatic hydroxyl groups excluding tert-OH is 1. The Morgan fingerprint density at radius 3 is 1.86 bits per heavy atom. The van der Waals surface area contributed by atoms with E-state index in [0.29, 0.717) is 0 Å². The third kappa shape index (κ3) is 3.06. The van der Waals surface area contributed by atoms with Crippen LogP contribution in [0.1, 0.15) is 12.8 Å². The lowest BCUT2D eigenvalue weighted by Gasteiger charge is -2.32. The minimum atomic E-state index is -5.05. The van der Waals surface area contributed by atoms with E-state index >= 15 is 0 Å². The van der Waals surface area contributed by atoms with Crippen molar-refractivity contribution in [2.75, 3.05) is 0 Å². The van der Waals surface area contributed by atoms with Gasteiger partial charge in [0.05, 0.1) is 6.10 Å². The zero-order chi connectivity index (χ0) is 10.9. The minimum absolute atomic E-state index is 0.527. The Morgan fingerprint density at radius 1 is 1.07 bits per heavy atom. The number of halogens is 5. The van der Waals surface area contributed by atoms with Gasteiger partial charge in [-0.05, 0) is 0 Å². The molecule has 0 aromatic rings. The van der Waals surface area contributed by atoms with Crippen LogP contribution in [0.3, 0.4) is 0 Å². The van der Waals surface area contributed by atoms with E-state index in [0.717, 1.165) is 0 Å². The van der Waals surface area contributed by atoms with Crippen molar-refractivity contribution in [2.45, 2.75) is 43.8 Å². The van der Waals surface area contributed by atoms with Crippen LogP contribution in [0, 0.1) is 0 Å². The Labute approximate surface area is 76.7 Å². The monoisotopic (exact) mass is 220 g/mol. The van der Waals surface area contributed by atoms with Gasteiger partial charge < -0.3 is 5.11 Å². The second-order valence-corrected chi connectivity index (χ2v) is 3.19. The number of hydrogen-bond acceptors (Lipinski definition) is 2. The molecule has 1 aliphatic carbocycles. The first-order valence-corrected chi connectivity index (χ1v) is 4.00. The molecule has 1 saturated carbocycles. The molecule has 0 aromatic heterocycles. The molecule has 0 amide bonds. The van der Waals surface area contributed by atoms with Gasteiger partial charge in [-0.2, -0.15) is 0 Å². The number of aliphatic hydroxyl groups is 1. The van der Waals surface area contributed by atoms with Crippen LogP contribution in [0.5, 0.6) is 0 Å². The van der Waals surface area contributed by atoms with Gasteiger partial charge in [0.25, 0.3) is 0 Å². The minimum Gasteiger partial charge on any atom is -0.393 e. The number of hydrogen-bond donors (Lipinski definition) is 1. The molecule has 0 radical (unpaired) electrons. The van der Waals surface area contributed by atoms with Gasteiger partial charge in [0.2, 0.25) is 0 Å². The van der Waals surface area contributed by atoms with Crippen molar-refractivity contribution in [3.8, 4) is 0 Å². The van der Waals surface area contributed by atoms with Crippen molar-refractivity contribution in [1.82, 2.24) is 0 Å². The van der Waals surface area contributed by atoms with E-state index in [4.69, 9.17) is 5.11 Å². The van der Waals surface area contributed by atoms with Crippen LogP contribution in [-0.2, 0) is 4.74 Å². The third-order valence-electron chi connectivity index (χ3n) is 1.98. The summed E-state index contributed by atoms with van der Waals surface area (Å²) < 4.78 is 64.0. The maximum atomic E-state index is 12.9. The highest BCUT2D eigenvalue weighted by Crippen LogP contribution is 2.31. The van der Waals surface area contributed by atoms with Crippen molar-refractivity contribution in [3.05, 3.63) is 0 Å². The average Bonchev–Trinajstić information content (AvgIpc) is 1.95. The van der Waals surface area contributed by atoms with E-state index in [2.05, 4.69) is 4.74 Å². The first kappa shape index (κ1) is 11.6. The van der Waals surface area contributed by atoms with Crippen LogP contribution in [0.15, 0.2) is 0 Å². The van der Waals surface area contributed by atoms with Crippen LogP contribution in [0.2, 0.25) is 0 Å². The van der Waals surface area contributed by atoms with Gasteiger partial charge >= 0.3 is 6.36 Å². The number of rotatable bonds is 1. The number of ether oxygens (including phenoxy) is 1. The van der Waals surface area contributed by atoms with E-state index in [1.54, 1.807) is 0 Å². The quantitative estimate of drug-likeness (QED) is 0.682. The summed E-state index contributed by atoms with van der Waals surface area (Å²) in [5.41, 5.74) is 0. The molecule has 2 atom stereocenters. The smallest absolute Gasteiger partial charge is 0.393 e. The van der Waals surface area contributed by atoms with Crippen LogP contribution < -0.4 is 0 Å². The van der Waals surface area contributed by atoms with Crippen LogP contribution in [-0.4, -0.2) is 36.0 Å². The molecule has 0 bridgehead atoms. The molecule has 1 fully saturated rings. The fourth-order valence-corrected chi connectivity index (χ4v) is 1.41. The summed E-state index contributed by atoms with van der Waals surface area (Å²) in [4.78, 5) is 0. The van der Waals surface area contributed by atoms with Gasteiger partial charge in [0.1, 0.15) is 18.4 Å². The number of alkyl halides is 5. The summed E-state index contributed by atoms with van der Waals surface area (Å²) in [6.45, 7) is 0. The summed E-state index contributed by atoms with van der Waals surface area (Å²) in [6, 6.07) is 0. The Bertz CT molecular complexity index is 183. The highest BCUT2D eigenvalue weighted by molar-refractivity contribution is 4.87. The molecule has 1 rings (SSSR count). The highest BCUT2D eigenvalue weighted by atomic mass is 19.4. The Kier molecular flexibility index (Phi) is 3.31. The molecule has 0 heterocycles. The van der Waals surface area contributed by atoms with Gasteiger partial charge in [0.15, 0.2) is 0 Å². The molecule has 1 aliphatic rings. The highest BCUT2D eigenvalue weighted by Gasteiger charge is 2.45. The maximum Gasteiger partial charge on any atom is 0.522 e. The largest absolute Gasteiger partial charge is 0.522 e. The fraction of sp³-hybridized carbons (Fsp3) is 1.00. The fourth-order valence-electron chi connectivity index (χ4n) is 1.41. The summed E-state index contributed by atoms with van der Waals surface area (Å²) in [5, 5.41) is 8.85. The van der Waals surface area contributed by atoms with Crippen molar-refractivity contribution < 1.29 is 31.8 Å². The van der Waals surface area contributed by atoms with E-state index in [1.807, 2.05) is 0 Å². The summed E-state index contributed by atoms with van der Waals surface area (Å²) in [7, 11) is 0. The molecule has 2 nitrogen and oxygen atoms in total. The maximum absolute atomic E-state index is 12.9. The molecule has 1 N–H and O–H groups in total. The molecule has 14 heavy (non-hydrogen) atoms. The molecule has 0 aromatic carbocycles. The Balaban J connectivity index is 2.58. The zero-order valence-electron chi connectivity index (χ0n) is 6.97. The molecule has 2 unspecified atom stereocenters. The molecule has 0 saturated heterocycles.